The molecule has 0 radical (unpaired) electrons. The zero-order valence-corrected chi connectivity index (χ0v) is 21.6. The van der Waals surface area contributed by atoms with Crippen molar-refractivity contribution in [3.05, 3.63) is 88.4 Å². The molecule has 3 N–H and O–H groups in total. The lowest BCUT2D eigenvalue weighted by Gasteiger charge is -2.11. The maximum atomic E-state index is 14.4. The van der Waals surface area contributed by atoms with E-state index in [0.717, 1.165) is 11.3 Å². The number of pyridine rings is 2. The Kier molecular flexibility index (Phi) is 7.18. The van der Waals surface area contributed by atoms with E-state index >= 15 is 0 Å². The van der Waals surface area contributed by atoms with Crippen LogP contribution >= 0.6 is 0 Å². The fourth-order valence-electron chi connectivity index (χ4n) is 3.59. The van der Waals surface area contributed by atoms with Crippen LogP contribution in [0.1, 0.15) is 40.7 Å². The molecule has 0 bridgehead atoms. The lowest BCUT2D eigenvalue weighted by Crippen LogP contribution is -2.16. The van der Waals surface area contributed by atoms with Crippen molar-refractivity contribution in [1.29, 1.82) is 0 Å². The molecule has 0 aliphatic heterocycles. The minimum atomic E-state index is -4.18. The SMILES string of the molecule is CCc1nc(N)nc(-c2ccc(C)nc2)c1C#Cc1cnc(C)c(NS(=O)(=O)c2ccc(C)cc2F)c1. The van der Waals surface area contributed by atoms with Gasteiger partial charge in [-0.25, -0.2) is 22.8 Å². The molecule has 0 aliphatic rings. The third kappa shape index (κ3) is 5.73. The average Bonchev–Trinajstić information content (AvgIpc) is 2.84. The highest BCUT2D eigenvalue weighted by molar-refractivity contribution is 7.92. The van der Waals surface area contributed by atoms with E-state index in [1.807, 2.05) is 26.0 Å². The smallest absolute Gasteiger partial charge is 0.264 e. The molecule has 37 heavy (non-hydrogen) atoms. The number of benzene rings is 1. The van der Waals surface area contributed by atoms with Gasteiger partial charge in [0.25, 0.3) is 10.0 Å². The summed E-state index contributed by atoms with van der Waals surface area (Å²) in [6, 6.07) is 9.24. The van der Waals surface area contributed by atoms with Crippen molar-refractivity contribution in [2.24, 2.45) is 0 Å². The summed E-state index contributed by atoms with van der Waals surface area (Å²) < 4.78 is 42.5. The molecule has 8 nitrogen and oxygen atoms in total. The van der Waals surface area contributed by atoms with E-state index in [1.165, 1.54) is 24.4 Å². The summed E-state index contributed by atoms with van der Waals surface area (Å²) in [5.74, 6) is 5.44. The minimum absolute atomic E-state index is 0.134. The number of aryl methyl sites for hydroxylation is 4. The van der Waals surface area contributed by atoms with Gasteiger partial charge in [-0.3, -0.25) is 14.7 Å². The highest BCUT2D eigenvalue weighted by atomic mass is 32.2. The molecule has 1 aromatic carbocycles. The molecule has 4 rings (SSSR count). The average molecular weight is 517 g/mol. The van der Waals surface area contributed by atoms with Gasteiger partial charge in [0.1, 0.15) is 10.7 Å². The van der Waals surface area contributed by atoms with Gasteiger partial charge in [0.05, 0.1) is 28.3 Å². The maximum absolute atomic E-state index is 14.4. The Morgan fingerprint density at radius 3 is 2.46 bits per heavy atom. The van der Waals surface area contributed by atoms with Crippen molar-refractivity contribution in [1.82, 2.24) is 19.9 Å². The van der Waals surface area contributed by atoms with Gasteiger partial charge in [-0.15, -0.1) is 0 Å². The van der Waals surface area contributed by atoms with Crippen LogP contribution in [0.2, 0.25) is 0 Å². The monoisotopic (exact) mass is 516 g/mol. The first-order valence-electron chi connectivity index (χ1n) is 11.4. The lowest BCUT2D eigenvalue weighted by molar-refractivity contribution is 0.569. The van der Waals surface area contributed by atoms with E-state index in [1.54, 1.807) is 26.1 Å². The third-order valence-corrected chi connectivity index (χ3v) is 6.96. The molecule has 188 valence electrons. The van der Waals surface area contributed by atoms with E-state index in [2.05, 4.69) is 36.5 Å². The number of anilines is 2. The van der Waals surface area contributed by atoms with Crippen LogP contribution in [0, 0.1) is 38.4 Å². The van der Waals surface area contributed by atoms with Gasteiger partial charge in [0.2, 0.25) is 5.95 Å². The van der Waals surface area contributed by atoms with Gasteiger partial charge in [-0.1, -0.05) is 24.8 Å². The number of nitrogens with two attached hydrogens (primary N) is 1. The largest absolute Gasteiger partial charge is 0.368 e. The standard InChI is InChI=1S/C27H25FN6O2S/c1-5-23-21(26(33-27(29)32-23)20-9-7-17(3)30-15-20)10-8-19-13-24(18(4)31-14-19)34-37(35,36)25-11-6-16(2)12-22(25)28/h6-7,9,11-15,34H,5H2,1-4H3,(H2,29,32,33). The van der Waals surface area contributed by atoms with E-state index < -0.39 is 20.7 Å². The van der Waals surface area contributed by atoms with Crippen LogP contribution in [0.5, 0.6) is 0 Å². The number of nitrogens with zero attached hydrogens (tertiary/aromatic N) is 4. The maximum Gasteiger partial charge on any atom is 0.264 e. The Morgan fingerprint density at radius 2 is 1.78 bits per heavy atom. The minimum Gasteiger partial charge on any atom is -0.368 e. The first-order valence-corrected chi connectivity index (χ1v) is 12.9. The topological polar surface area (TPSA) is 124 Å². The molecule has 0 spiro atoms. The molecule has 0 fully saturated rings. The van der Waals surface area contributed by atoms with Gasteiger partial charge in [0, 0.05) is 29.2 Å². The number of rotatable bonds is 5. The summed E-state index contributed by atoms with van der Waals surface area (Å²) in [6.07, 6.45) is 3.80. The van der Waals surface area contributed by atoms with Gasteiger partial charge in [0.15, 0.2) is 0 Å². The fourth-order valence-corrected chi connectivity index (χ4v) is 4.76. The zero-order chi connectivity index (χ0) is 26.7. The molecule has 0 atom stereocenters. The zero-order valence-electron chi connectivity index (χ0n) is 20.8. The Labute approximate surface area is 215 Å². The van der Waals surface area contributed by atoms with E-state index in [0.29, 0.717) is 40.2 Å². The number of aromatic nitrogens is 4. The van der Waals surface area contributed by atoms with Crippen molar-refractivity contribution < 1.29 is 12.8 Å². The summed E-state index contributed by atoms with van der Waals surface area (Å²) in [5.41, 5.74) is 11.0. The summed E-state index contributed by atoms with van der Waals surface area (Å²) in [5, 5.41) is 0. The number of halogens is 1. The Balaban J connectivity index is 1.74. The number of hydrogen-bond donors (Lipinski definition) is 2. The predicted molar refractivity (Wildman–Crippen MR) is 141 cm³/mol. The van der Waals surface area contributed by atoms with E-state index in [-0.39, 0.29) is 11.6 Å². The van der Waals surface area contributed by atoms with Crippen LogP contribution in [0.25, 0.3) is 11.3 Å². The highest BCUT2D eigenvalue weighted by Gasteiger charge is 2.20. The lowest BCUT2D eigenvalue weighted by atomic mass is 10.0. The molecule has 3 aromatic heterocycles. The van der Waals surface area contributed by atoms with E-state index in [4.69, 9.17) is 5.73 Å². The summed E-state index contributed by atoms with van der Waals surface area (Å²) in [4.78, 5) is 16.9. The molecular weight excluding hydrogens is 491 g/mol. The van der Waals surface area contributed by atoms with Crippen LogP contribution in [0.15, 0.2) is 53.7 Å². The van der Waals surface area contributed by atoms with Crippen LogP contribution in [-0.2, 0) is 16.4 Å². The van der Waals surface area contributed by atoms with Crippen molar-refractivity contribution in [2.75, 3.05) is 10.5 Å². The molecule has 0 aliphatic carbocycles. The van der Waals surface area contributed by atoms with Gasteiger partial charge < -0.3 is 5.73 Å². The summed E-state index contributed by atoms with van der Waals surface area (Å²) in [6.45, 7) is 7.15. The molecule has 0 unspecified atom stereocenters. The Hall–Kier alpha value is -4.36. The first-order chi connectivity index (χ1) is 17.6. The summed E-state index contributed by atoms with van der Waals surface area (Å²) >= 11 is 0. The number of nitrogen functional groups attached to an aromatic ring is 1. The quantitative estimate of drug-likeness (QED) is 0.378. The van der Waals surface area contributed by atoms with Crippen molar-refractivity contribution in [3.8, 4) is 23.1 Å². The molecule has 4 aromatic rings. The van der Waals surface area contributed by atoms with Crippen molar-refractivity contribution >= 4 is 21.7 Å². The second-order valence-corrected chi connectivity index (χ2v) is 10.1. The highest BCUT2D eigenvalue weighted by Crippen LogP contribution is 2.25. The fraction of sp³-hybridized carbons (Fsp3) is 0.185. The van der Waals surface area contributed by atoms with Crippen molar-refractivity contribution in [3.63, 3.8) is 0 Å². The Morgan fingerprint density at radius 1 is 1.00 bits per heavy atom. The molecule has 0 amide bonds. The molecule has 10 heteroatoms. The second kappa shape index (κ2) is 10.3. The van der Waals surface area contributed by atoms with Gasteiger partial charge in [-0.2, -0.15) is 0 Å². The Bertz CT molecular complexity index is 1660. The van der Waals surface area contributed by atoms with Gasteiger partial charge >= 0.3 is 0 Å². The predicted octanol–water partition coefficient (Wildman–Crippen LogP) is 4.34. The summed E-state index contributed by atoms with van der Waals surface area (Å²) in [7, 11) is -4.18. The normalized spacial score (nSPS) is 11.1. The number of hydrogen-bond acceptors (Lipinski definition) is 7. The van der Waals surface area contributed by atoms with Crippen LogP contribution in [-0.4, -0.2) is 28.4 Å². The first kappa shape index (κ1) is 25.7. The second-order valence-electron chi connectivity index (χ2n) is 8.44. The van der Waals surface area contributed by atoms with Crippen LogP contribution < -0.4 is 10.5 Å². The molecule has 0 saturated carbocycles. The molecular formula is C27H25FN6O2S. The van der Waals surface area contributed by atoms with Crippen molar-refractivity contribution in [2.45, 2.75) is 39.0 Å². The number of sulfonamides is 1. The van der Waals surface area contributed by atoms with Crippen LogP contribution in [0.3, 0.4) is 0 Å². The van der Waals surface area contributed by atoms with Crippen LogP contribution in [0.4, 0.5) is 16.0 Å². The molecule has 3 heterocycles. The number of nitrogens with one attached hydrogen (secondary N) is 1. The van der Waals surface area contributed by atoms with Gasteiger partial charge in [-0.05, 0) is 63.1 Å². The molecule has 0 saturated heterocycles. The van der Waals surface area contributed by atoms with E-state index in [9.17, 15) is 12.8 Å². The third-order valence-electron chi connectivity index (χ3n) is 5.56.